The standard InChI is InChI=1S/C33H25F2N3O7/c1-33(2,3)45-32(43)36-15-8-9-37(13-15)31(42)21-14-38-23-11-18-19(28(40)17-7-5-4-6-16(17)27(18)39)12-24(23)44-30-25(35)22(34)10-20(26(30)38)29(21)41/h4-7,10-12,14-15H,8-9,13H2,1-3H3,(H,36,43). The number of hydrogen-bond donors (Lipinski definition) is 1. The summed E-state index contributed by atoms with van der Waals surface area (Å²) in [5, 5.41) is 2.90. The number of fused-ring (bicyclic) bond motifs is 4. The van der Waals surface area contributed by atoms with Crippen molar-refractivity contribution in [2.75, 3.05) is 13.1 Å². The lowest BCUT2D eigenvalue weighted by Crippen LogP contribution is -2.41. The third kappa shape index (κ3) is 4.47. The van der Waals surface area contributed by atoms with Gasteiger partial charge in [-0.1, -0.05) is 24.3 Å². The molecule has 1 fully saturated rings. The number of pyridine rings is 1. The van der Waals surface area contributed by atoms with Crippen LogP contribution < -0.4 is 21.6 Å². The topological polar surface area (TPSA) is 127 Å². The van der Waals surface area contributed by atoms with Crippen LogP contribution in [0.25, 0.3) is 49.1 Å². The van der Waals surface area contributed by atoms with Crippen LogP contribution >= 0.6 is 0 Å². The molecule has 1 saturated heterocycles. The molecular weight excluding hydrogens is 588 g/mol. The van der Waals surface area contributed by atoms with Gasteiger partial charge in [0, 0.05) is 40.8 Å². The number of amides is 2. The molecule has 0 bridgehead atoms. The molecule has 0 aliphatic carbocycles. The molecule has 1 unspecified atom stereocenters. The van der Waals surface area contributed by atoms with Crippen LogP contribution in [0.1, 0.15) is 37.6 Å². The number of rotatable bonds is 2. The van der Waals surface area contributed by atoms with E-state index in [1.54, 1.807) is 32.9 Å². The number of nitrogens with zero attached hydrogens (tertiary/aromatic N) is 2. The fourth-order valence-corrected chi connectivity index (χ4v) is 6.04. The van der Waals surface area contributed by atoms with Crippen molar-refractivity contribution in [3.05, 3.63) is 96.5 Å². The van der Waals surface area contributed by atoms with Crippen LogP contribution in [-0.2, 0) is 4.74 Å². The monoisotopic (exact) mass is 613 g/mol. The van der Waals surface area contributed by atoms with Gasteiger partial charge in [0.2, 0.25) is 11.2 Å². The highest BCUT2D eigenvalue weighted by molar-refractivity contribution is 6.06. The highest BCUT2D eigenvalue weighted by Gasteiger charge is 2.32. The summed E-state index contributed by atoms with van der Waals surface area (Å²) < 4.78 is 42.3. The van der Waals surface area contributed by atoms with Gasteiger partial charge in [-0.2, -0.15) is 4.39 Å². The van der Waals surface area contributed by atoms with Gasteiger partial charge in [-0.25, -0.2) is 9.18 Å². The molecule has 7 rings (SSSR count). The van der Waals surface area contributed by atoms with Gasteiger partial charge in [0.05, 0.1) is 16.9 Å². The minimum atomic E-state index is -1.37. The van der Waals surface area contributed by atoms with Gasteiger partial charge in [-0.15, -0.1) is 0 Å². The van der Waals surface area contributed by atoms with E-state index >= 15 is 4.39 Å². The first-order valence-corrected chi connectivity index (χ1v) is 14.2. The van der Waals surface area contributed by atoms with Crippen molar-refractivity contribution in [2.45, 2.75) is 38.8 Å². The highest BCUT2D eigenvalue weighted by atomic mass is 19.2. The lowest BCUT2D eigenvalue weighted by Gasteiger charge is -2.22. The molecule has 0 spiro atoms. The van der Waals surface area contributed by atoms with Gasteiger partial charge in [-0.3, -0.25) is 19.2 Å². The zero-order chi connectivity index (χ0) is 31.9. The first-order valence-electron chi connectivity index (χ1n) is 14.2. The average Bonchev–Trinajstić information content (AvgIpc) is 3.45. The normalized spacial score (nSPS) is 15.6. The van der Waals surface area contributed by atoms with Crippen molar-refractivity contribution < 1.29 is 27.5 Å². The van der Waals surface area contributed by atoms with Crippen molar-refractivity contribution in [3.63, 3.8) is 0 Å². The highest BCUT2D eigenvalue weighted by Crippen LogP contribution is 2.31. The van der Waals surface area contributed by atoms with E-state index in [0.717, 1.165) is 0 Å². The van der Waals surface area contributed by atoms with Crippen LogP contribution in [0, 0.1) is 11.6 Å². The van der Waals surface area contributed by atoms with Gasteiger partial charge < -0.3 is 23.8 Å². The molecule has 1 aliphatic heterocycles. The van der Waals surface area contributed by atoms with E-state index < -0.39 is 57.1 Å². The minimum Gasteiger partial charge on any atom is -0.450 e. The van der Waals surface area contributed by atoms with Crippen LogP contribution in [0.4, 0.5) is 13.6 Å². The number of ether oxygens (including phenoxy) is 1. The summed E-state index contributed by atoms with van der Waals surface area (Å²) in [5.74, 6) is -3.41. The Labute approximate surface area is 251 Å². The Morgan fingerprint density at radius 3 is 2.27 bits per heavy atom. The maximum absolute atomic E-state index is 15.1. The summed E-state index contributed by atoms with van der Waals surface area (Å²) in [6.45, 7) is 5.47. The fraction of sp³-hybridized carbons (Fsp3) is 0.242. The van der Waals surface area contributed by atoms with Crippen LogP contribution in [0.2, 0.25) is 0 Å². The molecule has 4 aromatic carbocycles. The number of benzene rings is 4. The van der Waals surface area contributed by atoms with Crippen molar-refractivity contribution in [2.24, 2.45) is 0 Å². The fourth-order valence-electron chi connectivity index (χ4n) is 6.04. The zero-order valence-corrected chi connectivity index (χ0v) is 24.3. The lowest BCUT2D eigenvalue weighted by molar-refractivity contribution is 0.0502. The predicted molar refractivity (Wildman–Crippen MR) is 163 cm³/mol. The molecule has 2 aromatic heterocycles. The molecule has 6 aromatic rings. The van der Waals surface area contributed by atoms with E-state index in [-0.39, 0.29) is 62.2 Å². The lowest BCUT2D eigenvalue weighted by atomic mass is 10.0. The number of carbonyl (C=O) groups is 2. The summed E-state index contributed by atoms with van der Waals surface area (Å²) in [6, 6.07) is 9.28. The quantitative estimate of drug-likeness (QED) is 0.222. The molecule has 1 N–H and O–H groups in total. The molecular formula is C33H25F2N3O7. The summed E-state index contributed by atoms with van der Waals surface area (Å²) in [6.07, 6.45) is 0.967. The zero-order valence-electron chi connectivity index (χ0n) is 24.3. The van der Waals surface area contributed by atoms with Crippen molar-refractivity contribution in [1.82, 2.24) is 14.6 Å². The number of hydrogen-bond acceptors (Lipinski definition) is 7. The van der Waals surface area contributed by atoms with E-state index in [1.165, 1.54) is 39.8 Å². The van der Waals surface area contributed by atoms with E-state index in [4.69, 9.17) is 9.15 Å². The van der Waals surface area contributed by atoms with E-state index in [1.807, 2.05) is 0 Å². The molecule has 1 aliphatic rings. The third-order valence-corrected chi connectivity index (χ3v) is 8.04. The van der Waals surface area contributed by atoms with E-state index in [0.29, 0.717) is 12.5 Å². The second-order valence-corrected chi connectivity index (χ2v) is 12.2. The Hall–Kier alpha value is -5.39. The Balaban J connectivity index is 1.42. The molecule has 1 atom stereocenters. The van der Waals surface area contributed by atoms with Gasteiger partial charge >= 0.3 is 6.09 Å². The number of carbonyl (C=O) groups excluding carboxylic acids is 2. The van der Waals surface area contributed by atoms with Gasteiger partial charge in [0.15, 0.2) is 27.8 Å². The van der Waals surface area contributed by atoms with E-state index in [2.05, 4.69) is 5.32 Å². The van der Waals surface area contributed by atoms with Crippen LogP contribution in [0.3, 0.4) is 0 Å². The Kier molecular flexibility index (Phi) is 6.19. The van der Waals surface area contributed by atoms with Gasteiger partial charge in [-0.05, 0) is 45.4 Å². The minimum absolute atomic E-state index is 0.0203. The second-order valence-electron chi connectivity index (χ2n) is 12.2. The Morgan fingerprint density at radius 1 is 0.933 bits per heavy atom. The summed E-state index contributed by atoms with van der Waals surface area (Å²) in [5.41, 5.74) is -3.41. The SMILES string of the molecule is CC(C)(C)OC(=O)NC1CCN(C(=O)c2cn3c4cc5c(=O)c6ccccc6c(=O)c5cc4oc4c(F)c(F)cc(c2=O)c43)C1. The molecule has 3 heterocycles. The second kappa shape index (κ2) is 9.81. The van der Waals surface area contributed by atoms with Crippen LogP contribution in [0.15, 0.2) is 67.5 Å². The van der Waals surface area contributed by atoms with Crippen LogP contribution in [-0.4, -0.2) is 46.0 Å². The molecule has 10 nitrogen and oxygen atoms in total. The first kappa shape index (κ1) is 28.4. The maximum atomic E-state index is 15.1. The Bertz CT molecular complexity index is 2450. The summed E-state index contributed by atoms with van der Waals surface area (Å²) in [7, 11) is 0. The summed E-state index contributed by atoms with van der Waals surface area (Å²) in [4.78, 5) is 67.8. The third-order valence-electron chi connectivity index (χ3n) is 8.04. The Morgan fingerprint density at radius 2 is 1.60 bits per heavy atom. The van der Waals surface area contributed by atoms with Crippen molar-refractivity contribution in [1.29, 1.82) is 0 Å². The molecule has 12 heteroatoms. The van der Waals surface area contributed by atoms with Gasteiger partial charge in [0.1, 0.15) is 16.7 Å². The number of alkyl carbamates (subject to hydrolysis) is 1. The van der Waals surface area contributed by atoms with Crippen molar-refractivity contribution >= 4 is 61.1 Å². The predicted octanol–water partition coefficient (Wildman–Crippen LogP) is 4.68. The number of halogens is 2. The number of likely N-dealkylation sites (tertiary alicyclic amines) is 1. The largest absolute Gasteiger partial charge is 0.450 e. The average molecular weight is 614 g/mol. The molecule has 45 heavy (non-hydrogen) atoms. The number of aromatic nitrogens is 1. The summed E-state index contributed by atoms with van der Waals surface area (Å²) >= 11 is 0. The van der Waals surface area contributed by atoms with Crippen LogP contribution in [0.5, 0.6) is 0 Å². The number of nitrogens with one attached hydrogen (secondary N) is 1. The molecule has 228 valence electrons. The maximum Gasteiger partial charge on any atom is 0.407 e. The molecule has 0 saturated carbocycles. The van der Waals surface area contributed by atoms with Gasteiger partial charge in [0.25, 0.3) is 5.91 Å². The first-order chi connectivity index (χ1) is 21.3. The molecule has 2 amide bonds. The van der Waals surface area contributed by atoms with Crippen molar-refractivity contribution in [3.8, 4) is 0 Å². The smallest absolute Gasteiger partial charge is 0.407 e. The molecule has 0 radical (unpaired) electrons. The van der Waals surface area contributed by atoms with E-state index in [9.17, 15) is 28.4 Å².